The van der Waals surface area contributed by atoms with Crippen molar-refractivity contribution in [3.8, 4) is 11.5 Å². The van der Waals surface area contributed by atoms with Crippen molar-refractivity contribution in [2.45, 2.75) is 12.5 Å². The standard InChI is InChI=1S/C12H15NO4/c1-17-11-3-2-8(6-10(11)15)12(16)13-5-4-9(14)7-13/h2-3,6,9,14-15H,4-5,7H2,1H3/t9-/m0/s1. The van der Waals surface area contributed by atoms with Crippen LogP contribution in [-0.4, -0.2) is 47.3 Å². The number of carbonyl (C=O) groups excluding carboxylic acids is 1. The molecular weight excluding hydrogens is 222 g/mol. The van der Waals surface area contributed by atoms with Crippen LogP contribution >= 0.6 is 0 Å². The number of phenolic OH excluding ortho intramolecular Hbond substituents is 1. The molecule has 0 saturated carbocycles. The van der Waals surface area contributed by atoms with Crippen LogP contribution < -0.4 is 4.74 Å². The van der Waals surface area contributed by atoms with Crippen LogP contribution in [-0.2, 0) is 0 Å². The molecule has 0 aromatic heterocycles. The Morgan fingerprint density at radius 1 is 1.53 bits per heavy atom. The molecule has 0 radical (unpaired) electrons. The minimum absolute atomic E-state index is 0.0573. The summed E-state index contributed by atoms with van der Waals surface area (Å²) in [7, 11) is 1.45. The summed E-state index contributed by atoms with van der Waals surface area (Å²) in [6, 6.07) is 4.53. The third kappa shape index (κ3) is 2.34. The van der Waals surface area contributed by atoms with E-state index in [0.29, 0.717) is 30.8 Å². The van der Waals surface area contributed by atoms with Gasteiger partial charge in [-0.3, -0.25) is 4.79 Å². The minimum atomic E-state index is -0.439. The van der Waals surface area contributed by atoms with Crippen molar-refractivity contribution in [2.24, 2.45) is 0 Å². The summed E-state index contributed by atoms with van der Waals surface area (Å²) in [6.07, 6.45) is 0.166. The Morgan fingerprint density at radius 3 is 2.82 bits per heavy atom. The number of hydrogen-bond donors (Lipinski definition) is 2. The summed E-state index contributed by atoms with van der Waals surface area (Å²) in [6.45, 7) is 0.901. The van der Waals surface area contributed by atoms with Gasteiger partial charge in [0.05, 0.1) is 13.2 Å². The summed E-state index contributed by atoms with van der Waals surface area (Å²) >= 11 is 0. The predicted octanol–water partition coefficient (Wildman–Crippen LogP) is 0.608. The number of aliphatic hydroxyl groups excluding tert-OH is 1. The number of phenols is 1. The molecule has 0 unspecified atom stereocenters. The van der Waals surface area contributed by atoms with Gasteiger partial charge in [-0.1, -0.05) is 0 Å². The fourth-order valence-corrected chi connectivity index (χ4v) is 1.93. The number of nitrogens with zero attached hydrogens (tertiary/aromatic N) is 1. The average molecular weight is 237 g/mol. The van der Waals surface area contributed by atoms with Crippen LogP contribution in [0.2, 0.25) is 0 Å². The molecule has 1 heterocycles. The zero-order valence-corrected chi connectivity index (χ0v) is 9.59. The Kier molecular flexibility index (Phi) is 3.19. The Balaban J connectivity index is 2.17. The molecule has 1 saturated heterocycles. The summed E-state index contributed by atoms with van der Waals surface area (Å²) in [4.78, 5) is 13.6. The molecule has 1 aliphatic heterocycles. The highest BCUT2D eigenvalue weighted by Gasteiger charge is 2.25. The quantitative estimate of drug-likeness (QED) is 0.790. The first-order chi connectivity index (χ1) is 8.11. The minimum Gasteiger partial charge on any atom is -0.504 e. The fourth-order valence-electron chi connectivity index (χ4n) is 1.93. The maximum Gasteiger partial charge on any atom is 0.254 e. The molecule has 5 heteroatoms. The van der Waals surface area contributed by atoms with Gasteiger partial charge in [-0.25, -0.2) is 0 Å². The number of carbonyl (C=O) groups is 1. The van der Waals surface area contributed by atoms with E-state index < -0.39 is 6.10 Å². The van der Waals surface area contributed by atoms with E-state index in [2.05, 4.69) is 0 Å². The zero-order valence-electron chi connectivity index (χ0n) is 9.59. The summed E-state index contributed by atoms with van der Waals surface area (Å²) in [5, 5.41) is 19.0. The fraction of sp³-hybridized carbons (Fsp3) is 0.417. The number of aromatic hydroxyl groups is 1. The van der Waals surface area contributed by atoms with Crippen LogP contribution in [0.5, 0.6) is 11.5 Å². The second-order valence-electron chi connectivity index (χ2n) is 4.08. The molecule has 0 aliphatic carbocycles. The number of hydrogen-bond acceptors (Lipinski definition) is 4. The van der Waals surface area contributed by atoms with Gasteiger partial charge in [0.1, 0.15) is 0 Å². The zero-order chi connectivity index (χ0) is 12.4. The Bertz CT molecular complexity index is 433. The molecule has 92 valence electrons. The van der Waals surface area contributed by atoms with Gasteiger partial charge < -0.3 is 19.8 Å². The second kappa shape index (κ2) is 4.63. The van der Waals surface area contributed by atoms with Gasteiger partial charge in [0.25, 0.3) is 5.91 Å². The number of rotatable bonds is 2. The highest BCUT2D eigenvalue weighted by Crippen LogP contribution is 2.27. The normalized spacial score (nSPS) is 19.4. The van der Waals surface area contributed by atoms with Crippen molar-refractivity contribution >= 4 is 5.91 Å². The molecule has 0 spiro atoms. The van der Waals surface area contributed by atoms with E-state index in [-0.39, 0.29) is 11.7 Å². The van der Waals surface area contributed by atoms with Crippen molar-refractivity contribution in [3.63, 3.8) is 0 Å². The van der Waals surface area contributed by atoms with Crippen LogP contribution in [0.25, 0.3) is 0 Å². The maximum absolute atomic E-state index is 12.0. The van der Waals surface area contributed by atoms with E-state index >= 15 is 0 Å². The van der Waals surface area contributed by atoms with Crippen molar-refractivity contribution in [1.29, 1.82) is 0 Å². The first-order valence-electron chi connectivity index (χ1n) is 5.46. The monoisotopic (exact) mass is 237 g/mol. The van der Waals surface area contributed by atoms with Crippen molar-refractivity contribution in [1.82, 2.24) is 4.90 Å². The number of aliphatic hydroxyl groups is 1. The van der Waals surface area contributed by atoms with Gasteiger partial charge in [0, 0.05) is 18.7 Å². The molecule has 1 amide bonds. The number of β-amino-alcohol motifs (C(OH)–C–C–N with tert-alkyl or cyclic N) is 1. The maximum atomic E-state index is 12.0. The summed E-state index contributed by atoms with van der Waals surface area (Å²) in [5.74, 6) is 0.0978. The third-order valence-electron chi connectivity index (χ3n) is 2.88. The Hall–Kier alpha value is -1.75. The van der Waals surface area contributed by atoms with Gasteiger partial charge in [-0.2, -0.15) is 0 Å². The lowest BCUT2D eigenvalue weighted by Crippen LogP contribution is -2.29. The van der Waals surface area contributed by atoms with E-state index in [4.69, 9.17) is 4.74 Å². The van der Waals surface area contributed by atoms with Gasteiger partial charge >= 0.3 is 0 Å². The summed E-state index contributed by atoms with van der Waals surface area (Å²) < 4.78 is 4.91. The molecule has 1 fully saturated rings. The van der Waals surface area contributed by atoms with Crippen molar-refractivity contribution in [3.05, 3.63) is 23.8 Å². The van der Waals surface area contributed by atoms with Gasteiger partial charge in [-0.15, -0.1) is 0 Å². The first-order valence-corrected chi connectivity index (χ1v) is 5.46. The largest absolute Gasteiger partial charge is 0.504 e. The number of amides is 1. The lowest BCUT2D eigenvalue weighted by atomic mass is 10.2. The smallest absolute Gasteiger partial charge is 0.254 e. The highest BCUT2D eigenvalue weighted by atomic mass is 16.5. The summed E-state index contributed by atoms with van der Waals surface area (Å²) in [5.41, 5.74) is 0.400. The molecule has 2 N–H and O–H groups in total. The number of benzene rings is 1. The average Bonchev–Trinajstić information content (AvgIpc) is 2.75. The molecule has 2 rings (SSSR count). The predicted molar refractivity (Wildman–Crippen MR) is 61.2 cm³/mol. The first kappa shape index (κ1) is 11.7. The van der Waals surface area contributed by atoms with Crippen LogP contribution in [0.15, 0.2) is 18.2 Å². The van der Waals surface area contributed by atoms with E-state index in [1.807, 2.05) is 0 Å². The third-order valence-corrected chi connectivity index (χ3v) is 2.88. The van der Waals surface area contributed by atoms with Gasteiger partial charge in [0.15, 0.2) is 11.5 Å². The Labute approximate surface area is 99.2 Å². The molecule has 5 nitrogen and oxygen atoms in total. The molecule has 1 aromatic carbocycles. The molecule has 0 bridgehead atoms. The van der Waals surface area contributed by atoms with Crippen molar-refractivity contribution < 1.29 is 19.7 Å². The Morgan fingerprint density at radius 2 is 2.29 bits per heavy atom. The van der Waals surface area contributed by atoms with E-state index in [1.54, 1.807) is 17.0 Å². The van der Waals surface area contributed by atoms with Crippen LogP contribution in [0.4, 0.5) is 0 Å². The lowest BCUT2D eigenvalue weighted by Gasteiger charge is -2.16. The van der Waals surface area contributed by atoms with E-state index in [9.17, 15) is 15.0 Å². The van der Waals surface area contributed by atoms with Crippen LogP contribution in [0.1, 0.15) is 16.8 Å². The lowest BCUT2D eigenvalue weighted by molar-refractivity contribution is 0.0764. The highest BCUT2D eigenvalue weighted by molar-refractivity contribution is 5.95. The molecule has 1 aliphatic rings. The number of ether oxygens (including phenoxy) is 1. The van der Waals surface area contributed by atoms with Crippen LogP contribution in [0, 0.1) is 0 Å². The van der Waals surface area contributed by atoms with E-state index in [1.165, 1.54) is 13.2 Å². The number of likely N-dealkylation sites (tertiary alicyclic amines) is 1. The topological polar surface area (TPSA) is 70.0 Å². The van der Waals surface area contributed by atoms with Crippen molar-refractivity contribution in [2.75, 3.05) is 20.2 Å². The van der Waals surface area contributed by atoms with Crippen LogP contribution in [0.3, 0.4) is 0 Å². The van der Waals surface area contributed by atoms with E-state index in [0.717, 1.165) is 0 Å². The molecule has 1 atom stereocenters. The molecular formula is C12H15NO4. The molecule has 17 heavy (non-hydrogen) atoms. The SMILES string of the molecule is COc1ccc(C(=O)N2CC[C@H](O)C2)cc1O. The number of methoxy groups -OCH3 is 1. The van der Waals surface area contributed by atoms with Gasteiger partial charge in [-0.05, 0) is 24.6 Å². The molecule has 1 aromatic rings. The second-order valence-corrected chi connectivity index (χ2v) is 4.08. The van der Waals surface area contributed by atoms with Gasteiger partial charge in [0.2, 0.25) is 0 Å².